The van der Waals surface area contributed by atoms with Crippen LogP contribution in [0.4, 0.5) is 5.82 Å². The number of rotatable bonds is 4. The predicted octanol–water partition coefficient (Wildman–Crippen LogP) is 1.63. The fourth-order valence-electron chi connectivity index (χ4n) is 1.30. The molecule has 0 spiro atoms. The molecule has 0 aliphatic carbocycles. The molecule has 1 aromatic heterocycles. The summed E-state index contributed by atoms with van der Waals surface area (Å²) >= 11 is 1.32. The normalized spacial score (nSPS) is 11.3. The molecule has 6 nitrogen and oxygen atoms in total. The van der Waals surface area contributed by atoms with Gasteiger partial charge in [0.15, 0.2) is 0 Å². The monoisotopic (exact) mass is 284 g/mol. The van der Waals surface area contributed by atoms with Crippen LogP contribution in [-0.4, -0.2) is 28.8 Å². The van der Waals surface area contributed by atoms with Crippen molar-refractivity contribution in [3.05, 3.63) is 11.4 Å². The van der Waals surface area contributed by atoms with Crippen LogP contribution in [0.2, 0.25) is 0 Å². The van der Waals surface area contributed by atoms with E-state index >= 15 is 0 Å². The largest absolute Gasteiger partial charge is 0.468 e. The van der Waals surface area contributed by atoms with Gasteiger partial charge in [-0.05, 0) is 6.92 Å². The van der Waals surface area contributed by atoms with Crippen LogP contribution in [0.5, 0.6) is 0 Å². The van der Waals surface area contributed by atoms with Crippen LogP contribution >= 0.6 is 11.8 Å². The fraction of sp³-hybridized carbons (Fsp3) is 0.583. The first kappa shape index (κ1) is 15.7. The van der Waals surface area contributed by atoms with E-state index < -0.39 is 0 Å². The number of carbonyl (C=O) groups excluding carboxylic acids is 1. The maximum Gasteiger partial charge on any atom is 0.316 e. The summed E-state index contributed by atoms with van der Waals surface area (Å²) in [5, 5.41) is 0.735. The molecule has 1 heterocycles. The highest BCUT2D eigenvalue weighted by Gasteiger charge is 2.21. The van der Waals surface area contributed by atoms with Gasteiger partial charge in [-0.15, -0.1) is 0 Å². The molecule has 0 radical (unpaired) electrons. The minimum Gasteiger partial charge on any atom is -0.468 e. The zero-order valence-corrected chi connectivity index (χ0v) is 12.7. The first-order valence-corrected chi connectivity index (χ1v) is 6.83. The second-order valence-corrected chi connectivity index (χ2v) is 6.05. The third kappa shape index (κ3) is 4.07. The standard InChI is InChI=1S/C12H20N4O2S/c1-7-9(16-13)14-11(12(2,3)4)15-10(7)19-6-8(17)18-5/h6,13H2,1-5H3,(H,14,15,16). The zero-order chi connectivity index (χ0) is 14.6. The summed E-state index contributed by atoms with van der Waals surface area (Å²) in [6, 6.07) is 0. The van der Waals surface area contributed by atoms with E-state index in [1.807, 2.05) is 27.7 Å². The Morgan fingerprint density at radius 3 is 2.53 bits per heavy atom. The number of nitrogens with zero attached hydrogens (tertiary/aromatic N) is 2. The lowest BCUT2D eigenvalue weighted by atomic mass is 9.95. The number of nitrogens with one attached hydrogen (secondary N) is 1. The Balaban J connectivity index is 3.11. The van der Waals surface area contributed by atoms with Gasteiger partial charge in [-0.3, -0.25) is 4.79 Å². The van der Waals surface area contributed by atoms with Crippen LogP contribution in [0, 0.1) is 6.92 Å². The molecule has 0 unspecified atom stereocenters. The van der Waals surface area contributed by atoms with Gasteiger partial charge in [0.05, 0.1) is 12.9 Å². The molecule has 3 N–H and O–H groups in total. The number of aromatic nitrogens is 2. The molecule has 19 heavy (non-hydrogen) atoms. The Morgan fingerprint density at radius 2 is 2.05 bits per heavy atom. The van der Waals surface area contributed by atoms with Crippen LogP contribution in [0.3, 0.4) is 0 Å². The van der Waals surface area contributed by atoms with Gasteiger partial charge in [-0.2, -0.15) is 0 Å². The van der Waals surface area contributed by atoms with Crippen molar-refractivity contribution < 1.29 is 9.53 Å². The summed E-state index contributed by atoms with van der Waals surface area (Å²) in [5.74, 6) is 6.65. The highest BCUT2D eigenvalue weighted by molar-refractivity contribution is 7.99. The molecule has 0 amide bonds. The van der Waals surface area contributed by atoms with Crippen molar-refractivity contribution in [2.75, 3.05) is 18.3 Å². The van der Waals surface area contributed by atoms with E-state index in [1.54, 1.807) is 0 Å². The lowest BCUT2D eigenvalue weighted by Gasteiger charge is -2.19. The molecule has 0 atom stereocenters. The summed E-state index contributed by atoms with van der Waals surface area (Å²) in [6.45, 7) is 7.92. The van der Waals surface area contributed by atoms with E-state index in [1.165, 1.54) is 18.9 Å². The molecule has 7 heteroatoms. The summed E-state index contributed by atoms with van der Waals surface area (Å²) in [6.07, 6.45) is 0. The molecule has 1 rings (SSSR count). The number of esters is 1. The number of nitrogen functional groups attached to an aromatic ring is 1. The van der Waals surface area contributed by atoms with Gasteiger partial charge < -0.3 is 10.2 Å². The van der Waals surface area contributed by atoms with Gasteiger partial charge >= 0.3 is 5.97 Å². The molecule has 0 aliphatic rings. The number of methoxy groups -OCH3 is 1. The van der Waals surface area contributed by atoms with Crippen molar-refractivity contribution in [3.8, 4) is 0 Å². The highest BCUT2D eigenvalue weighted by atomic mass is 32.2. The highest BCUT2D eigenvalue weighted by Crippen LogP contribution is 2.28. The molecule has 106 valence electrons. The average molecular weight is 284 g/mol. The molecule has 0 saturated heterocycles. The second-order valence-electron chi connectivity index (χ2n) is 5.09. The first-order valence-electron chi connectivity index (χ1n) is 5.85. The van der Waals surface area contributed by atoms with E-state index in [2.05, 4.69) is 20.1 Å². The summed E-state index contributed by atoms with van der Waals surface area (Å²) in [4.78, 5) is 20.1. The maximum absolute atomic E-state index is 11.2. The van der Waals surface area contributed by atoms with E-state index in [0.29, 0.717) is 11.6 Å². The van der Waals surface area contributed by atoms with Crippen molar-refractivity contribution in [2.45, 2.75) is 38.1 Å². The van der Waals surface area contributed by atoms with Gasteiger partial charge in [0.1, 0.15) is 16.7 Å². The van der Waals surface area contributed by atoms with Crippen molar-refractivity contribution in [1.29, 1.82) is 0 Å². The van der Waals surface area contributed by atoms with E-state index in [0.717, 1.165) is 10.6 Å². The van der Waals surface area contributed by atoms with Gasteiger partial charge in [-0.25, -0.2) is 15.8 Å². The van der Waals surface area contributed by atoms with Gasteiger partial charge in [-0.1, -0.05) is 32.5 Å². The van der Waals surface area contributed by atoms with Crippen LogP contribution in [0.1, 0.15) is 32.2 Å². The lowest BCUT2D eigenvalue weighted by molar-refractivity contribution is -0.137. The third-order valence-electron chi connectivity index (χ3n) is 2.46. The summed E-state index contributed by atoms with van der Waals surface area (Å²) in [7, 11) is 1.36. The Bertz CT molecular complexity index is 472. The van der Waals surface area contributed by atoms with Gasteiger partial charge in [0, 0.05) is 11.0 Å². The predicted molar refractivity (Wildman–Crippen MR) is 76.0 cm³/mol. The number of hydrogen-bond donors (Lipinski definition) is 2. The van der Waals surface area contributed by atoms with E-state index in [4.69, 9.17) is 5.84 Å². The van der Waals surface area contributed by atoms with E-state index in [-0.39, 0.29) is 17.1 Å². The molecule has 0 aromatic carbocycles. The number of thioether (sulfide) groups is 1. The molecule has 0 fully saturated rings. The molecular formula is C12H20N4O2S. The Morgan fingerprint density at radius 1 is 1.42 bits per heavy atom. The number of nitrogens with two attached hydrogens (primary N) is 1. The first-order chi connectivity index (χ1) is 8.79. The van der Waals surface area contributed by atoms with Crippen LogP contribution < -0.4 is 11.3 Å². The van der Waals surface area contributed by atoms with Crippen molar-refractivity contribution >= 4 is 23.5 Å². The summed E-state index contributed by atoms with van der Waals surface area (Å²) in [5.41, 5.74) is 3.20. The zero-order valence-electron chi connectivity index (χ0n) is 11.9. The van der Waals surface area contributed by atoms with E-state index in [9.17, 15) is 4.79 Å². The fourth-order valence-corrected chi connectivity index (χ4v) is 2.14. The van der Waals surface area contributed by atoms with Crippen molar-refractivity contribution in [1.82, 2.24) is 9.97 Å². The molecule has 1 aromatic rings. The number of hydrazine groups is 1. The molecule has 0 saturated carbocycles. The SMILES string of the molecule is COC(=O)CSc1nc(C(C)(C)C)nc(NN)c1C. The molecule has 0 bridgehead atoms. The number of anilines is 1. The Labute approximate surface area is 117 Å². The second kappa shape index (κ2) is 6.21. The summed E-state index contributed by atoms with van der Waals surface area (Å²) < 4.78 is 4.62. The molecule has 0 aliphatic heterocycles. The Kier molecular flexibility index (Phi) is 5.13. The van der Waals surface area contributed by atoms with Crippen molar-refractivity contribution in [2.24, 2.45) is 5.84 Å². The van der Waals surface area contributed by atoms with Crippen LogP contribution in [0.25, 0.3) is 0 Å². The minimum atomic E-state index is -0.289. The number of carbonyl (C=O) groups is 1. The number of hydrogen-bond acceptors (Lipinski definition) is 7. The Hall–Kier alpha value is -1.34. The maximum atomic E-state index is 11.2. The van der Waals surface area contributed by atoms with Crippen molar-refractivity contribution in [3.63, 3.8) is 0 Å². The minimum absolute atomic E-state index is 0.195. The van der Waals surface area contributed by atoms with Crippen LogP contribution in [0.15, 0.2) is 5.03 Å². The lowest BCUT2D eigenvalue weighted by Crippen LogP contribution is -2.20. The third-order valence-corrected chi connectivity index (χ3v) is 3.51. The number of ether oxygens (including phenoxy) is 1. The smallest absolute Gasteiger partial charge is 0.316 e. The van der Waals surface area contributed by atoms with Gasteiger partial charge in [0.25, 0.3) is 0 Å². The van der Waals surface area contributed by atoms with Crippen LogP contribution in [-0.2, 0) is 14.9 Å². The van der Waals surface area contributed by atoms with Gasteiger partial charge in [0.2, 0.25) is 0 Å². The average Bonchev–Trinajstić information content (AvgIpc) is 2.35. The quantitative estimate of drug-likeness (QED) is 0.285. The molecular weight excluding hydrogens is 264 g/mol. The topological polar surface area (TPSA) is 90.1 Å².